The van der Waals surface area contributed by atoms with Crippen LogP contribution in [0.25, 0.3) is 10.9 Å². The number of fused-ring (bicyclic) bond motifs is 1. The SMILES string of the molecule is CC(C)(C)C(O)c1c(F)c(Cl)c(F)c2cn[nH]c12. The van der Waals surface area contributed by atoms with Crippen LogP contribution < -0.4 is 0 Å². The minimum absolute atomic E-state index is 0.0543. The second-order valence-electron chi connectivity index (χ2n) is 5.28. The summed E-state index contributed by atoms with van der Waals surface area (Å²) in [4.78, 5) is 0. The fourth-order valence-corrected chi connectivity index (χ4v) is 1.99. The number of aromatic nitrogens is 2. The van der Waals surface area contributed by atoms with Crippen molar-refractivity contribution in [2.45, 2.75) is 26.9 Å². The summed E-state index contributed by atoms with van der Waals surface area (Å²) in [6, 6.07) is 0. The van der Waals surface area contributed by atoms with Crippen LogP contribution in [0.3, 0.4) is 0 Å². The van der Waals surface area contributed by atoms with Gasteiger partial charge in [-0.1, -0.05) is 32.4 Å². The van der Waals surface area contributed by atoms with Crippen molar-refractivity contribution >= 4 is 22.5 Å². The van der Waals surface area contributed by atoms with E-state index in [1.54, 1.807) is 20.8 Å². The number of nitrogens with one attached hydrogen (secondary N) is 1. The first-order chi connectivity index (χ1) is 8.25. The van der Waals surface area contributed by atoms with Crippen LogP contribution >= 0.6 is 11.6 Å². The molecule has 2 rings (SSSR count). The van der Waals surface area contributed by atoms with Gasteiger partial charge in [0.05, 0.1) is 23.2 Å². The van der Waals surface area contributed by atoms with Gasteiger partial charge in [0, 0.05) is 5.56 Å². The Morgan fingerprint density at radius 2 is 1.94 bits per heavy atom. The van der Waals surface area contributed by atoms with E-state index in [1.807, 2.05) is 0 Å². The molecule has 6 heteroatoms. The van der Waals surface area contributed by atoms with Crippen LogP contribution in [0.5, 0.6) is 0 Å². The molecule has 2 N–H and O–H groups in total. The van der Waals surface area contributed by atoms with Crippen molar-refractivity contribution in [1.29, 1.82) is 0 Å². The van der Waals surface area contributed by atoms with E-state index in [2.05, 4.69) is 10.2 Å². The lowest BCUT2D eigenvalue weighted by atomic mass is 9.84. The molecule has 0 bridgehead atoms. The first-order valence-electron chi connectivity index (χ1n) is 5.42. The summed E-state index contributed by atoms with van der Waals surface area (Å²) in [7, 11) is 0. The van der Waals surface area contributed by atoms with Gasteiger partial charge in [-0.25, -0.2) is 8.78 Å². The molecule has 0 radical (unpaired) electrons. The first kappa shape index (κ1) is 13.2. The Morgan fingerprint density at radius 1 is 1.33 bits per heavy atom. The molecule has 2 aromatic rings. The quantitative estimate of drug-likeness (QED) is 0.781. The van der Waals surface area contributed by atoms with Crippen molar-refractivity contribution in [2.24, 2.45) is 5.41 Å². The highest BCUT2D eigenvalue weighted by Gasteiger charge is 2.31. The van der Waals surface area contributed by atoms with E-state index in [0.29, 0.717) is 0 Å². The number of nitrogens with zero attached hydrogens (tertiary/aromatic N) is 1. The topological polar surface area (TPSA) is 48.9 Å². The number of rotatable bonds is 1. The van der Waals surface area contributed by atoms with Crippen LogP contribution in [0.15, 0.2) is 6.20 Å². The number of aromatic amines is 1. The molecule has 0 spiro atoms. The molecule has 1 aromatic heterocycles. The minimum atomic E-state index is -1.13. The number of benzene rings is 1. The highest BCUT2D eigenvalue weighted by molar-refractivity contribution is 6.31. The fraction of sp³-hybridized carbons (Fsp3) is 0.417. The molecule has 0 aliphatic rings. The third-order valence-electron chi connectivity index (χ3n) is 2.86. The Morgan fingerprint density at radius 3 is 2.50 bits per heavy atom. The van der Waals surface area contributed by atoms with Crippen LogP contribution in [0, 0.1) is 17.0 Å². The highest BCUT2D eigenvalue weighted by Crippen LogP contribution is 2.40. The molecular formula is C12H13ClF2N2O. The molecule has 1 unspecified atom stereocenters. The Kier molecular flexibility index (Phi) is 3.07. The van der Waals surface area contributed by atoms with Gasteiger partial charge in [-0.05, 0) is 5.41 Å². The van der Waals surface area contributed by atoms with Crippen molar-refractivity contribution in [3.8, 4) is 0 Å². The second-order valence-corrected chi connectivity index (χ2v) is 5.66. The van der Waals surface area contributed by atoms with E-state index in [9.17, 15) is 13.9 Å². The van der Waals surface area contributed by atoms with E-state index in [0.717, 1.165) is 0 Å². The summed E-state index contributed by atoms with van der Waals surface area (Å²) in [6.45, 7) is 5.24. The largest absolute Gasteiger partial charge is 0.388 e. The monoisotopic (exact) mass is 274 g/mol. The molecule has 0 aliphatic heterocycles. The van der Waals surface area contributed by atoms with Crippen LogP contribution in [0.4, 0.5) is 8.78 Å². The zero-order valence-corrected chi connectivity index (χ0v) is 10.9. The lowest BCUT2D eigenvalue weighted by Crippen LogP contribution is -2.20. The molecule has 98 valence electrons. The highest BCUT2D eigenvalue weighted by atomic mass is 35.5. The van der Waals surface area contributed by atoms with Gasteiger partial charge >= 0.3 is 0 Å². The number of aliphatic hydroxyl groups excluding tert-OH is 1. The van der Waals surface area contributed by atoms with Gasteiger partial charge in [-0.2, -0.15) is 5.10 Å². The molecule has 18 heavy (non-hydrogen) atoms. The lowest BCUT2D eigenvalue weighted by molar-refractivity contribution is 0.0606. The molecule has 0 saturated heterocycles. The van der Waals surface area contributed by atoms with Gasteiger partial charge in [-0.3, -0.25) is 5.10 Å². The Balaban J connectivity index is 2.82. The average molecular weight is 275 g/mol. The van der Waals surface area contributed by atoms with Gasteiger partial charge in [0.15, 0.2) is 11.6 Å². The Hall–Kier alpha value is -1.20. The van der Waals surface area contributed by atoms with Crippen molar-refractivity contribution in [3.05, 3.63) is 28.4 Å². The predicted molar refractivity (Wildman–Crippen MR) is 65.4 cm³/mol. The normalized spacial score (nSPS) is 14.2. The summed E-state index contributed by atoms with van der Waals surface area (Å²) >= 11 is 5.61. The standard InChI is InChI=1S/C12H13ClF2N2O/c1-12(2,3)11(18)6-9(15)7(13)8(14)5-4-16-17-10(5)6/h4,11,18H,1-3H3,(H,16,17). The summed E-state index contributed by atoms with van der Waals surface area (Å²) in [5.41, 5.74) is -0.529. The van der Waals surface area contributed by atoms with Gasteiger partial charge in [0.25, 0.3) is 0 Å². The zero-order valence-electron chi connectivity index (χ0n) is 10.2. The van der Waals surface area contributed by atoms with Crippen LogP contribution in [0.2, 0.25) is 5.02 Å². The molecule has 0 fully saturated rings. The maximum atomic E-state index is 14.1. The third-order valence-corrected chi connectivity index (χ3v) is 3.19. The van der Waals surface area contributed by atoms with Crippen molar-refractivity contribution in [3.63, 3.8) is 0 Å². The molecule has 1 aromatic carbocycles. The lowest BCUT2D eigenvalue weighted by Gasteiger charge is -2.27. The number of halogens is 3. The van der Waals surface area contributed by atoms with Gasteiger partial charge < -0.3 is 5.11 Å². The first-order valence-corrected chi connectivity index (χ1v) is 5.80. The number of hydrogen-bond donors (Lipinski definition) is 2. The average Bonchev–Trinajstić information content (AvgIpc) is 2.73. The minimum Gasteiger partial charge on any atom is -0.388 e. The van der Waals surface area contributed by atoms with Crippen LogP contribution in [0.1, 0.15) is 32.4 Å². The molecule has 0 saturated carbocycles. The number of aliphatic hydroxyl groups is 1. The Labute approximate surface area is 108 Å². The van der Waals surface area contributed by atoms with E-state index >= 15 is 0 Å². The molecule has 1 atom stereocenters. The summed E-state index contributed by atoms with van der Waals surface area (Å²) in [5.74, 6) is -1.82. The van der Waals surface area contributed by atoms with Crippen LogP contribution in [-0.4, -0.2) is 15.3 Å². The van der Waals surface area contributed by atoms with Crippen molar-refractivity contribution < 1.29 is 13.9 Å². The number of H-pyrrole nitrogens is 1. The van der Waals surface area contributed by atoms with E-state index < -0.39 is 28.2 Å². The molecule has 0 amide bonds. The van der Waals surface area contributed by atoms with Gasteiger partial charge in [-0.15, -0.1) is 0 Å². The van der Waals surface area contributed by atoms with E-state index in [-0.39, 0.29) is 16.5 Å². The van der Waals surface area contributed by atoms with Crippen LogP contribution in [-0.2, 0) is 0 Å². The second kappa shape index (κ2) is 4.17. The maximum absolute atomic E-state index is 14.1. The molecule has 0 aliphatic carbocycles. The fourth-order valence-electron chi connectivity index (χ4n) is 1.79. The summed E-state index contributed by atoms with van der Waals surface area (Å²) in [6.07, 6.45) is 0.0908. The molecule has 3 nitrogen and oxygen atoms in total. The number of hydrogen-bond acceptors (Lipinski definition) is 2. The maximum Gasteiger partial charge on any atom is 0.155 e. The molecular weight excluding hydrogens is 262 g/mol. The van der Waals surface area contributed by atoms with Crippen molar-refractivity contribution in [2.75, 3.05) is 0 Å². The van der Waals surface area contributed by atoms with Gasteiger partial charge in [0.1, 0.15) is 5.02 Å². The smallest absolute Gasteiger partial charge is 0.155 e. The zero-order chi connectivity index (χ0) is 13.7. The van der Waals surface area contributed by atoms with E-state index in [1.165, 1.54) is 6.20 Å². The van der Waals surface area contributed by atoms with E-state index in [4.69, 9.17) is 11.6 Å². The van der Waals surface area contributed by atoms with Gasteiger partial charge in [0.2, 0.25) is 0 Å². The predicted octanol–water partition coefficient (Wildman–Crippen LogP) is 3.57. The summed E-state index contributed by atoms with van der Waals surface area (Å²) in [5, 5.41) is 15.8. The molecule has 1 heterocycles. The van der Waals surface area contributed by atoms with Crippen molar-refractivity contribution in [1.82, 2.24) is 10.2 Å². The third kappa shape index (κ3) is 1.87. The summed E-state index contributed by atoms with van der Waals surface area (Å²) < 4.78 is 27.8. The Bertz CT molecular complexity index is 604.